The molecule has 0 bridgehead atoms. The lowest BCUT2D eigenvalue weighted by atomic mass is 10.0. The normalized spacial score (nSPS) is 11.0. The van der Waals surface area contributed by atoms with E-state index < -0.39 is 0 Å². The summed E-state index contributed by atoms with van der Waals surface area (Å²) in [5, 5.41) is 18.4. The van der Waals surface area contributed by atoms with Gasteiger partial charge in [0.05, 0.1) is 11.6 Å². The van der Waals surface area contributed by atoms with Crippen LogP contribution in [0.15, 0.2) is 48.5 Å². The van der Waals surface area contributed by atoms with Gasteiger partial charge in [0.15, 0.2) is 0 Å². The van der Waals surface area contributed by atoms with E-state index in [2.05, 4.69) is 6.07 Å². The van der Waals surface area contributed by atoms with E-state index in [1.165, 1.54) is 5.56 Å². The van der Waals surface area contributed by atoms with Gasteiger partial charge in [-0.15, -0.1) is 0 Å². The van der Waals surface area contributed by atoms with E-state index in [0.717, 1.165) is 11.1 Å². The Balaban J connectivity index is 2.37. The van der Waals surface area contributed by atoms with Gasteiger partial charge in [0.1, 0.15) is 5.75 Å². The zero-order chi connectivity index (χ0) is 13.0. The number of allylic oxidation sites excluding steroid dienone is 1. The van der Waals surface area contributed by atoms with Gasteiger partial charge in [0.25, 0.3) is 0 Å². The molecule has 0 aliphatic rings. The summed E-state index contributed by atoms with van der Waals surface area (Å²) in [5.41, 5.74) is 3.57. The molecular formula is C16H13NO. The maximum Gasteiger partial charge on any atom is 0.115 e. The minimum absolute atomic E-state index is 0.223. The van der Waals surface area contributed by atoms with Crippen LogP contribution in [0.5, 0.6) is 5.75 Å². The first-order chi connectivity index (χ1) is 8.69. The van der Waals surface area contributed by atoms with E-state index >= 15 is 0 Å². The first-order valence-electron chi connectivity index (χ1n) is 5.67. The number of hydrogen-bond acceptors (Lipinski definition) is 2. The van der Waals surface area contributed by atoms with Gasteiger partial charge in [-0.2, -0.15) is 5.26 Å². The fourth-order valence-corrected chi connectivity index (χ4v) is 1.65. The number of phenolic OH excluding ortho intramolecular Hbond substituents is 1. The highest BCUT2D eigenvalue weighted by Gasteiger charge is 2.00. The van der Waals surface area contributed by atoms with E-state index in [9.17, 15) is 10.4 Å². The van der Waals surface area contributed by atoms with Crippen LogP contribution in [0, 0.1) is 18.3 Å². The zero-order valence-electron chi connectivity index (χ0n) is 10.1. The van der Waals surface area contributed by atoms with Gasteiger partial charge in [0, 0.05) is 0 Å². The average Bonchev–Trinajstić information content (AvgIpc) is 2.39. The first-order valence-corrected chi connectivity index (χ1v) is 5.67. The molecule has 0 saturated heterocycles. The van der Waals surface area contributed by atoms with Crippen molar-refractivity contribution in [3.8, 4) is 11.8 Å². The quantitative estimate of drug-likeness (QED) is 0.636. The van der Waals surface area contributed by atoms with Gasteiger partial charge < -0.3 is 5.11 Å². The van der Waals surface area contributed by atoms with Gasteiger partial charge in [0.2, 0.25) is 0 Å². The lowest BCUT2D eigenvalue weighted by Gasteiger charge is -2.01. The molecule has 0 radical (unpaired) electrons. The molecule has 0 aliphatic carbocycles. The highest BCUT2D eigenvalue weighted by molar-refractivity contribution is 5.89. The Morgan fingerprint density at radius 3 is 2.22 bits per heavy atom. The Bertz CT molecular complexity index is 601. The molecule has 0 fully saturated rings. The molecule has 1 N–H and O–H groups in total. The molecule has 0 saturated carbocycles. The van der Waals surface area contributed by atoms with Crippen LogP contribution in [0.4, 0.5) is 0 Å². The van der Waals surface area contributed by atoms with Gasteiger partial charge in [-0.1, -0.05) is 42.0 Å². The molecule has 0 aromatic heterocycles. The van der Waals surface area contributed by atoms with Crippen LogP contribution >= 0.6 is 0 Å². The average molecular weight is 235 g/mol. The molecule has 0 amide bonds. The van der Waals surface area contributed by atoms with Gasteiger partial charge in [-0.3, -0.25) is 0 Å². The van der Waals surface area contributed by atoms with Crippen LogP contribution in [-0.2, 0) is 0 Å². The molecular weight excluding hydrogens is 222 g/mol. The maximum absolute atomic E-state index is 9.21. The molecule has 18 heavy (non-hydrogen) atoms. The topological polar surface area (TPSA) is 44.0 Å². The fraction of sp³-hybridized carbons (Fsp3) is 0.0625. The van der Waals surface area contributed by atoms with Crippen molar-refractivity contribution in [3.05, 3.63) is 65.2 Å². The largest absolute Gasteiger partial charge is 0.508 e. The Hall–Kier alpha value is -2.53. The molecule has 0 spiro atoms. The molecule has 0 atom stereocenters. The third-order valence-corrected chi connectivity index (χ3v) is 2.69. The minimum Gasteiger partial charge on any atom is -0.508 e. The van der Waals surface area contributed by atoms with Crippen LogP contribution in [0.2, 0.25) is 0 Å². The summed E-state index contributed by atoms with van der Waals surface area (Å²) in [6.45, 7) is 2.01. The summed E-state index contributed by atoms with van der Waals surface area (Å²) in [5.74, 6) is 0.223. The second kappa shape index (κ2) is 5.20. The molecule has 0 heterocycles. The van der Waals surface area contributed by atoms with Gasteiger partial charge in [-0.25, -0.2) is 0 Å². The van der Waals surface area contributed by atoms with E-state index in [-0.39, 0.29) is 5.75 Å². The van der Waals surface area contributed by atoms with Crippen molar-refractivity contribution in [2.75, 3.05) is 0 Å². The number of rotatable bonds is 2. The molecule has 88 valence electrons. The Kier molecular flexibility index (Phi) is 3.45. The van der Waals surface area contributed by atoms with Crippen LogP contribution in [0.25, 0.3) is 11.6 Å². The lowest BCUT2D eigenvalue weighted by molar-refractivity contribution is 0.475. The van der Waals surface area contributed by atoms with Crippen molar-refractivity contribution >= 4 is 11.6 Å². The lowest BCUT2D eigenvalue weighted by Crippen LogP contribution is -1.82. The molecule has 2 aromatic carbocycles. The SMILES string of the molecule is Cc1ccc(/C(C#N)=C/c2ccc(O)cc2)cc1. The van der Waals surface area contributed by atoms with Crippen molar-refractivity contribution in [1.29, 1.82) is 5.26 Å². The van der Waals surface area contributed by atoms with Crippen molar-refractivity contribution < 1.29 is 5.11 Å². The number of hydrogen-bond donors (Lipinski definition) is 1. The standard InChI is InChI=1S/C16H13NO/c1-12-2-6-14(7-3-12)15(11-17)10-13-4-8-16(18)9-5-13/h2-10,18H,1H3/b15-10+. The smallest absolute Gasteiger partial charge is 0.115 e. The van der Waals surface area contributed by atoms with Crippen molar-refractivity contribution in [3.63, 3.8) is 0 Å². The number of benzene rings is 2. The fourth-order valence-electron chi connectivity index (χ4n) is 1.65. The number of aryl methyl sites for hydroxylation is 1. The number of phenols is 1. The summed E-state index contributed by atoms with van der Waals surface area (Å²) in [6.07, 6.45) is 1.81. The van der Waals surface area contributed by atoms with Gasteiger partial charge in [-0.05, 0) is 36.3 Å². The van der Waals surface area contributed by atoms with E-state index in [1.54, 1.807) is 24.3 Å². The van der Waals surface area contributed by atoms with E-state index in [1.807, 2.05) is 37.3 Å². The molecule has 0 unspecified atom stereocenters. The van der Waals surface area contributed by atoms with E-state index in [4.69, 9.17) is 0 Å². The van der Waals surface area contributed by atoms with E-state index in [0.29, 0.717) is 5.57 Å². The number of aromatic hydroxyl groups is 1. The summed E-state index contributed by atoms with van der Waals surface area (Å²) >= 11 is 0. The molecule has 2 nitrogen and oxygen atoms in total. The van der Waals surface area contributed by atoms with Crippen LogP contribution < -0.4 is 0 Å². The number of nitriles is 1. The molecule has 2 rings (SSSR count). The third-order valence-electron chi connectivity index (χ3n) is 2.69. The van der Waals surface area contributed by atoms with Gasteiger partial charge >= 0.3 is 0 Å². The predicted molar refractivity (Wildman–Crippen MR) is 72.8 cm³/mol. The van der Waals surface area contributed by atoms with Crippen molar-refractivity contribution in [2.24, 2.45) is 0 Å². The minimum atomic E-state index is 0.223. The zero-order valence-corrected chi connectivity index (χ0v) is 10.1. The first kappa shape index (κ1) is 11.9. The Labute approximate surface area is 106 Å². The molecule has 0 aliphatic heterocycles. The predicted octanol–water partition coefficient (Wildman–Crippen LogP) is 3.76. The second-order valence-electron chi connectivity index (χ2n) is 4.13. The summed E-state index contributed by atoms with van der Waals surface area (Å²) in [4.78, 5) is 0. The van der Waals surface area contributed by atoms with Crippen LogP contribution in [-0.4, -0.2) is 5.11 Å². The Morgan fingerprint density at radius 2 is 1.67 bits per heavy atom. The van der Waals surface area contributed by atoms with Crippen LogP contribution in [0.3, 0.4) is 0 Å². The highest BCUT2D eigenvalue weighted by Crippen LogP contribution is 2.19. The maximum atomic E-state index is 9.21. The second-order valence-corrected chi connectivity index (χ2v) is 4.13. The summed E-state index contributed by atoms with van der Waals surface area (Å²) < 4.78 is 0. The molecule has 2 aromatic rings. The molecule has 2 heteroatoms. The summed E-state index contributed by atoms with van der Waals surface area (Å²) in [7, 11) is 0. The number of nitrogens with zero attached hydrogens (tertiary/aromatic N) is 1. The van der Waals surface area contributed by atoms with Crippen molar-refractivity contribution in [1.82, 2.24) is 0 Å². The Morgan fingerprint density at radius 1 is 1.06 bits per heavy atom. The third kappa shape index (κ3) is 2.78. The van der Waals surface area contributed by atoms with Crippen molar-refractivity contribution in [2.45, 2.75) is 6.92 Å². The monoisotopic (exact) mass is 235 g/mol. The van der Waals surface area contributed by atoms with Crippen LogP contribution in [0.1, 0.15) is 16.7 Å². The summed E-state index contributed by atoms with van der Waals surface area (Å²) in [6, 6.07) is 16.8. The highest BCUT2D eigenvalue weighted by atomic mass is 16.3.